The number of β-amino-alcohol motifs (C(OH)–C–C–N with tert-alkyl or cyclic N) is 1. The second-order valence-corrected chi connectivity index (χ2v) is 6.94. The van der Waals surface area contributed by atoms with Gasteiger partial charge in [-0.3, -0.25) is 4.79 Å². The van der Waals surface area contributed by atoms with E-state index in [1.807, 2.05) is 24.3 Å². The molecule has 0 atom stereocenters. The van der Waals surface area contributed by atoms with Gasteiger partial charge in [0, 0.05) is 17.6 Å². The van der Waals surface area contributed by atoms with Crippen LogP contribution in [0.4, 0.5) is 5.69 Å². The van der Waals surface area contributed by atoms with Gasteiger partial charge in [-0.2, -0.15) is 0 Å². The first-order chi connectivity index (χ1) is 13.1. The highest BCUT2D eigenvalue weighted by Gasteiger charge is 2.35. The third kappa shape index (κ3) is 3.17. The minimum absolute atomic E-state index is 0.131. The molecule has 1 fully saturated rings. The van der Waals surface area contributed by atoms with Crippen molar-refractivity contribution in [3.63, 3.8) is 0 Å². The van der Waals surface area contributed by atoms with Gasteiger partial charge in [-0.1, -0.05) is 30.3 Å². The fourth-order valence-corrected chi connectivity index (χ4v) is 3.67. The van der Waals surface area contributed by atoms with Crippen LogP contribution in [0.2, 0.25) is 0 Å². The summed E-state index contributed by atoms with van der Waals surface area (Å²) in [4.78, 5) is 26.3. The number of fused-ring (bicyclic) bond motifs is 1. The minimum atomic E-state index is -0.537. The van der Waals surface area contributed by atoms with Gasteiger partial charge in [0.1, 0.15) is 5.70 Å². The first kappa shape index (κ1) is 17.5. The molecule has 6 nitrogen and oxygen atoms in total. The average Bonchev–Trinajstić information content (AvgIpc) is 3.49. The molecule has 0 saturated heterocycles. The summed E-state index contributed by atoms with van der Waals surface area (Å²) in [5, 5.41) is 14.6. The highest BCUT2D eigenvalue weighted by molar-refractivity contribution is 6.10. The topological polar surface area (TPSA) is 78.9 Å². The molecule has 0 aromatic heterocycles. The van der Waals surface area contributed by atoms with E-state index >= 15 is 0 Å². The van der Waals surface area contributed by atoms with E-state index in [-0.39, 0.29) is 36.9 Å². The number of amides is 1. The molecule has 1 aliphatic heterocycles. The number of carbonyl (C=O) groups excluding carboxylic acids is 2. The average molecular weight is 366 g/mol. The van der Waals surface area contributed by atoms with E-state index in [4.69, 9.17) is 4.74 Å². The number of methoxy groups -OCH3 is 1. The molecular weight excluding hydrogens is 344 g/mol. The minimum Gasteiger partial charge on any atom is -0.466 e. The molecule has 4 rings (SSSR count). The number of carbonyl (C=O) groups is 2. The lowest BCUT2D eigenvalue weighted by atomic mass is 9.99. The quantitative estimate of drug-likeness (QED) is 0.768. The van der Waals surface area contributed by atoms with Crippen molar-refractivity contribution in [1.29, 1.82) is 0 Å². The fourth-order valence-electron chi connectivity index (χ4n) is 3.67. The molecule has 2 aromatic carbocycles. The fraction of sp³-hybridized carbons (Fsp3) is 0.333. The van der Waals surface area contributed by atoms with E-state index in [1.165, 1.54) is 35.8 Å². The smallest absolute Gasteiger partial charge is 0.337 e. The second kappa shape index (κ2) is 7.04. The SMILES string of the molecule is COC(=O)C1=C(Nc2ccc(C3CC3)c3ccccc23)C(=O)N(CCO)C1. The number of anilines is 1. The van der Waals surface area contributed by atoms with Crippen LogP contribution < -0.4 is 5.32 Å². The molecular formula is C21H22N2O4. The van der Waals surface area contributed by atoms with Crippen molar-refractivity contribution in [2.45, 2.75) is 18.8 Å². The number of rotatable bonds is 6. The van der Waals surface area contributed by atoms with Crippen molar-refractivity contribution in [3.05, 3.63) is 53.2 Å². The predicted molar refractivity (Wildman–Crippen MR) is 102 cm³/mol. The van der Waals surface area contributed by atoms with Gasteiger partial charge >= 0.3 is 5.97 Å². The molecule has 2 N–H and O–H groups in total. The Labute approximate surface area is 157 Å². The number of aliphatic hydroxyl groups excluding tert-OH is 1. The van der Waals surface area contributed by atoms with E-state index in [1.54, 1.807) is 0 Å². The van der Waals surface area contributed by atoms with Gasteiger partial charge in [0.15, 0.2) is 0 Å². The maximum Gasteiger partial charge on any atom is 0.337 e. The van der Waals surface area contributed by atoms with Crippen LogP contribution in [0.25, 0.3) is 10.8 Å². The summed E-state index contributed by atoms with van der Waals surface area (Å²) in [5.41, 5.74) is 2.62. The Morgan fingerprint density at radius 3 is 2.63 bits per heavy atom. The molecule has 27 heavy (non-hydrogen) atoms. The molecule has 140 valence electrons. The van der Waals surface area contributed by atoms with Gasteiger partial charge in [-0.25, -0.2) is 4.79 Å². The second-order valence-electron chi connectivity index (χ2n) is 6.94. The van der Waals surface area contributed by atoms with Crippen molar-refractivity contribution >= 4 is 28.3 Å². The van der Waals surface area contributed by atoms with Crippen molar-refractivity contribution < 1.29 is 19.4 Å². The maximum absolute atomic E-state index is 12.7. The zero-order valence-electron chi connectivity index (χ0n) is 15.2. The summed E-state index contributed by atoms with van der Waals surface area (Å²) in [7, 11) is 1.30. The molecule has 0 spiro atoms. The Kier molecular flexibility index (Phi) is 4.58. The monoisotopic (exact) mass is 366 g/mol. The molecule has 2 aliphatic rings. The molecule has 1 amide bonds. The first-order valence-electron chi connectivity index (χ1n) is 9.14. The van der Waals surface area contributed by atoms with E-state index in [0.29, 0.717) is 5.92 Å². The van der Waals surface area contributed by atoms with E-state index in [9.17, 15) is 14.7 Å². The third-order valence-corrected chi connectivity index (χ3v) is 5.19. The van der Waals surface area contributed by atoms with Crippen LogP contribution in [-0.4, -0.2) is 48.7 Å². The lowest BCUT2D eigenvalue weighted by Gasteiger charge is -2.16. The lowest BCUT2D eigenvalue weighted by molar-refractivity contribution is -0.136. The molecule has 1 saturated carbocycles. The Hall–Kier alpha value is -2.86. The van der Waals surface area contributed by atoms with Crippen LogP contribution in [0.1, 0.15) is 24.3 Å². The Bertz CT molecular complexity index is 946. The van der Waals surface area contributed by atoms with Gasteiger partial charge < -0.3 is 20.1 Å². The van der Waals surface area contributed by atoms with Gasteiger partial charge in [0.05, 0.1) is 25.8 Å². The lowest BCUT2D eigenvalue weighted by Crippen LogP contribution is -2.31. The van der Waals surface area contributed by atoms with E-state index in [0.717, 1.165) is 11.1 Å². The highest BCUT2D eigenvalue weighted by atomic mass is 16.5. The van der Waals surface area contributed by atoms with Crippen LogP contribution in [0, 0.1) is 0 Å². The number of hydrogen-bond donors (Lipinski definition) is 2. The van der Waals surface area contributed by atoms with E-state index in [2.05, 4.69) is 17.4 Å². The summed E-state index contributed by atoms with van der Waals surface area (Å²) in [5.74, 6) is -0.230. The molecule has 1 heterocycles. The van der Waals surface area contributed by atoms with Crippen LogP contribution in [0.15, 0.2) is 47.7 Å². The normalized spacial score (nSPS) is 17.0. The molecule has 0 bridgehead atoms. The largest absolute Gasteiger partial charge is 0.466 e. The van der Waals surface area contributed by atoms with Gasteiger partial charge in [0.25, 0.3) is 5.91 Å². The number of nitrogens with one attached hydrogen (secondary N) is 1. The molecule has 2 aromatic rings. The zero-order valence-corrected chi connectivity index (χ0v) is 15.2. The molecule has 0 radical (unpaired) electrons. The number of hydrogen-bond acceptors (Lipinski definition) is 5. The van der Waals surface area contributed by atoms with Crippen molar-refractivity contribution in [2.24, 2.45) is 0 Å². The third-order valence-electron chi connectivity index (χ3n) is 5.19. The molecule has 0 unspecified atom stereocenters. The van der Waals surface area contributed by atoms with Crippen LogP contribution >= 0.6 is 0 Å². The zero-order chi connectivity index (χ0) is 19.0. The van der Waals surface area contributed by atoms with E-state index < -0.39 is 5.97 Å². The summed E-state index contributed by atoms with van der Waals surface area (Å²) in [6.07, 6.45) is 2.42. The Balaban J connectivity index is 1.74. The Morgan fingerprint density at radius 2 is 1.96 bits per heavy atom. The molecule has 1 aliphatic carbocycles. The number of esters is 1. The maximum atomic E-state index is 12.7. The van der Waals surface area contributed by atoms with Gasteiger partial charge in [-0.15, -0.1) is 0 Å². The van der Waals surface area contributed by atoms with Gasteiger partial charge in [-0.05, 0) is 35.8 Å². The van der Waals surface area contributed by atoms with Crippen LogP contribution in [0.5, 0.6) is 0 Å². The Morgan fingerprint density at radius 1 is 1.22 bits per heavy atom. The highest BCUT2D eigenvalue weighted by Crippen LogP contribution is 2.44. The van der Waals surface area contributed by atoms with Crippen molar-refractivity contribution in [1.82, 2.24) is 4.90 Å². The number of ether oxygens (including phenoxy) is 1. The summed E-state index contributed by atoms with van der Waals surface area (Å²) in [6, 6.07) is 12.2. The summed E-state index contributed by atoms with van der Waals surface area (Å²) < 4.78 is 4.85. The number of aliphatic hydroxyl groups is 1. The summed E-state index contributed by atoms with van der Waals surface area (Å²) in [6.45, 7) is 0.144. The number of nitrogens with zero attached hydrogens (tertiary/aromatic N) is 1. The van der Waals surface area contributed by atoms with Crippen LogP contribution in [0.3, 0.4) is 0 Å². The molecule has 6 heteroatoms. The first-order valence-corrected chi connectivity index (χ1v) is 9.14. The predicted octanol–water partition coefficient (Wildman–Crippen LogP) is 2.39. The number of benzene rings is 2. The summed E-state index contributed by atoms with van der Waals surface area (Å²) >= 11 is 0. The standard InChI is InChI=1S/C21H22N2O4/c1-27-21(26)17-12-23(10-11-24)20(25)19(17)22-18-9-8-14(13-6-7-13)15-4-2-3-5-16(15)18/h2-5,8-9,13,22,24H,6-7,10-12H2,1H3. The van der Waals surface area contributed by atoms with Crippen molar-refractivity contribution in [2.75, 3.05) is 32.1 Å². The van der Waals surface area contributed by atoms with Crippen molar-refractivity contribution in [3.8, 4) is 0 Å². The van der Waals surface area contributed by atoms with Gasteiger partial charge in [0.2, 0.25) is 0 Å². The van der Waals surface area contributed by atoms with Crippen LogP contribution in [-0.2, 0) is 14.3 Å².